The zero-order valence-electron chi connectivity index (χ0n) is 12.5. The van der Waals surface area contributed by atoms with E-state index < -0.39 is 10.8 Å². The fourth-order valence-corrected chi connectivity index (χ4v) is 2.57. The minimum atomic E-state index is -0.618. The number of carbonyl (C=O) groups excluding carboxylic acids is 1. The van der Waals surface area contributed by atoms with Gasteiger partial charge in [-0.3, -0.25) is 14.9 Å². The number of para-hydroxylation sites is 1. The Hall–Kier alpha value is -2.80. The summed E-state index contributed by atoms with van der Waals surface area (Å²) in [6, 6.07) is 9.21. The predicted molar refractivity (Wildman–Crippen MR) is 86.7 cm³/mol. The van der Waals surface area contributed by atoms with Gasteiger partial charge in [-0.05, 0) is 18.2 Å². The van der Waals surface area contributed by atoms with Crippen LogP contribution in [-0.2, 0) is 6.54 Å². The van der Waals surface area contributed by atoms with Gasteiger partial charge in [0.15, 0.2) is 11.5 Å². The van der Waals surface area contributed by atoms with Crippen LogP contribution in [0.2, 0.25) is 5.02 Å². The van der Waals surface area contributed by atoms with E-state index in [-0.39, 0.29) is 22.8 Å². The van der Waals surface area contributed by atoms with Crippen molar-refractivity contribution in [3.8, 4) is 11.5 Å². The molecule has 0 radical (unpaired) electrons. The lowest BCUT2D eigenvalue weighted by molar-refractivity contribution is -0.385. The summed E-state index contributed by atoms with van der Waals surface area (Å²) in [5, 5.41) is 13.9. The number of nitrogens with one attached hydrogen (secondary N) is 1. The molecular weight excluding hydrogens is 336 g/mol. The van der Waals surface area contributed by atoms with Gasteiger partial charge in [0.25, 0.3) is 11.6 Å². The number of fused-ring (bicyclic) bond motifs is 1. The van der Waals surface area contributed by atoms with Crippen LogP contribution < -0.4 is 14.8 Å². The number of nitro benzene ring substituents is 1. The molecule has 0 atom stereocenters. The van der Waals surface area contributed by atoms with Crippen molar-refractivity contribution >= 4 is 23.2 Å². The summed E-state index contributed by atoms with van der Waals surface area (Å²) in [7, 11) is 0. The van der Waals surface area contributed by atoms with E-state index in [1.807, 2.05) is 0 Å². The Kier molecular flexibility index (Phi) is 4.52. The van der Waals surface area contributed by atoms with Crippen LogP contribution in [0.3, 0.4) is 0 Å². The van der Waals surface area contributed by atoms with Crippen molar-refractivity contribution < 1.29 is 19.2 Å². The Morgan fingerprint density at radius 2 is 2.04 bits per heavy atom. The Morgan fingerprint density at radius 1 is 1.25 bits per heavy atom. The Labute approximate surface area is 142 Å². The van der Waals surface area contributed by atoms with Gasteiger partial charge in [0.2, 0.25) is 0 Å². The van der Waals surface area contributed by atoms with Gasteiger partial charge in [-0.1, -0.05) is 23.7 Å². The molecule has 124 valence electrons. The number of rotatable bonds is 4. The number of halogens is 1. The molecule has 1 amide bonds. The van der Waals surface area contributed by atoms with Crippen LogP contribution >= 0.6 is 11.6 Å². The van der Waals surface area contributed by atoms with Crippen LogP contribution in [0.25, 0.3) is 0 Å². The van der Waals surface area contributed by atoms with Gasteiger partial charge < -0.3 is 14.8 Å². The van der Waals surface area contributed by atoms with Crippen LogP contribution in [-0.4, -0.2) is 24.0 Å². The summed E-state index contributed by atoms with van der Waals surface area (Å²) < 4.78 is 11.0. The number of nitrogens with zero attached hydrogens (tertiary/aromatic N) is 1. The first-order chi connectivity index (χ1) is 11.6. The first-order valence-corrected chi connectivity index (χ1v) is 7.53. The van der Waals surface area contributed by atoms with Crippen LogP contribution in [0.4, 0.5) is 5.69 Å². The highest BCUT2D eigenvalue weighted by molar-refractivity contribution is 6.31. The van der Waals surface area contributed by atoms with Crippen molar-refractivity contribution in [3.05, 3.63) is 62.7 Å². The van der Waals surface area contributed by atoms with E-state index in [1.54, 1.807) is 18.2 Å². The van der Waals surface area contributed by atoms with E-state index in [1.165, 1.54) is 18.2 Å². The van der Waals surface area contributed by atoms with Gasteiger partial charge in [-0.15, -0.1) is 0 Å². The summed E-state index contributed by atoms with van der Waals surface area (Å²) in [6.45, 7) is 1.05. The van der Waals surface area contributed by atoms with E-state index in [9.17, 15) is 14.9 Å². The summed E-state index contributed by atoms with van der Waals surface area (Å²) >= 11 is 5.84. The smallest absolute Gasteiger partial charge is 0.282 e. The highest BCUT2D eigenvalue weighted by Crippen LogP contribution is 2.33. The van der Waals surface area contributed by atoms with Gasteiger partial charge in [0.1, 0.15) is 18.8 Å². The lowest BCUT2D eigenvalue weighted by atomic mass is 10.1. The second kappa shape index (κ2) is 6.76. The summed E-state index contributed by atoms with van der Waals surface area (Å²) in [4.78, 5) is 22.7. The SMILES string of the molecule is O=C(NCc1cccc2c1OCCO2)c1cc(Cl)ccc1[N+](=O)[O-]. The lowest BCUT2D eigenvalue weighted by Gasteiger charge is -2.21. The Balaban J connectivity index is 1.80. The van der Waals surface area contributed by atoms with Gasteiger partial charge in [0.05, 0.1) is 4.92 Å². The highest BCUT2D eigenvalue weighted by Gasteiger charge is 2.21. The lowest BCUT2D eigenvalue weighted by Crippen LogP contribution is -2.25. The van der Waals surface area contributed by atoms with Crippen LogP contribution in [0.15, 0.2) is 36.4 Å². The minimum absolute atomic E-state index is 0.0885. The van der Waals surface area contributed by atoms with Gasteiger partial charge in [0, 0.05) is 23.2 Å². The van der Waals surface area contributed by atoms with Crippen LogP contribution in [0.5, 0.6) is 11.5 Å². The van der Waals surface area contributed by atoms with Crippen molar-refractivity contribution in [1.82, 2.24) is 5.32 Å². The standard InChI is InChI=1S/C16H13ClN2O5/c17-11-4-5-13(19(21)22)12(8-11)16(20)18-9-10-2-1-3-14-15(10)24-7-6-23-14/h1-5,8H,6-7,9H2,(H,18,20). The molecule has 3 rings (SSSR count). The molecule has 2 aromatic carbocycles. The van der Waals surface area contributed by atoms with E-state index in [0.717, 1.165) is 5.56 Å². The number of hydrogen-bond acceptors (Lipinski definition) is 5. The van der Waals surface area contributed by atoms with Gasteiger partial charge in [-0.25, -0.2) is 0 Å². The van der Waals surface area contributed by atoms with Crippen molar-refractivity contribution in [2.75, 3.05) is 13.2 Å². The normalized spacial score (nSPS) is 12.5. The molecule has 0 saturated heterocycles. The number of ether oxygens (including phenoxy) is 2. The van der Waals surface area contributed by atoms with Crippen molar-refractivity contribution in [2.24, 2.45) is 0 Å². The highest BCUT2D eigenvalue weighted by atomic mass is 35.5. The molecule has 0 spiro atoms. The van der Waals surface area contributed by atoms with Crippen LogP contribution in [0, 0.1) is 10.1 Å². The first-order valence-electron chi connectivity index (χ1n) is 7.16. The van der Waals surface area contributed by atoms with E-state index in [2.05, 4.69) is 5.32 Å². The minimum Gasteiger partial charge on any atom is -0.486 e. The molecule has 8 heteroatoms. The second-order valence-corrected chi connectivity index (χ2v) is 5.48. The third-order valence-electron chi connectivity index (χ3n) is 3.49. The average Bonchev–Trinajstić information content (AvgIpc) is 2.59. The quantitative estimate of drug-likeness (QED) is 0.677. The third-order valence-corrected chi connectivity index (χ3v) is 3.72. The molecule has 24 heavy (non-hydrogen) atoms. The summed E-state index contributed by atoms with van der Waals surface area (Å²) in [5.41, 5.74) is 0.339. The van der Waals surface area contributed by atoms with E-state index >= 15 is 0 Å². The number of carbonyl (C=O) groups is 1. The molecule has 0 aromatic heterocycles. The van der Waals surface area contributed by atoms with Gasteiger partial charge in [-0.2, -0.15) is 0 Å². The molecule has 0 unspecified atom stereocenters. The maximum Gasteiger partial charge on any atom is 0.282 e. The topological polar surface area (TPSA) is 90.7 Å². The number of nitro groups is 1. The fourth-order valence-electron chi connectivity index (χ4n) is 2.39. The second-order valence-electron chi connectivity index (χ2n) is 5.04. The molecule has 1 aliphatic heterocycles. The summed E-state index contributed by atoms with van der Waals surface area (Å²) in [5.74, 6) is 0.602. The monoisotopic (exact) mass is 348 g/mol. The first kappa shape index (κ1) is 16.1. The molecule has 0 saturated carbocycles. The molecule has 1 N–H and O–H groups in total. The van der Waals surface area contributed by atoms with Crippen molar-refractivity contribution in [1.29, 1.82) is 0 Å². The van der Waals surface area contributed by atoms with E-state index in [0.29, 0.717) is 24.7 Å². The number of benzene rings is 2. The number of hydrogen-bond donors (Lipinski definition) is 1. The molecule has 2 aromatic rings. The average molecular weight is 349 g/mol. The molecule has 0 fully saturated rings. The fraction of sp³-hybridized carbons (Fsp3) is 0.188. The molecule has 0 bridgehead atoms. The molecule has 1 heterocycles. The van der Waals surface area contributed by atoms with Crippen molar-refractivity contribution in [3.63, 3.8) is 0 Å². The third kappa shape index (κ3) is 3.26. The summed E-state index contributed by atoms with van der Waals surface area (Å²) in [6.07, 6.45) is 0. The zero-order valence-corrected chi connectivity index (χ0v) is 13.2. The predicted octanol–water partition coefficient (Wildman–Crippen LogP) is 2.95. The Morgan fingerprint density at radius 3 is 2.83 bits per heavy atom. The molecule has 0 aliphatic carbocycles. The zero-order chi connectivity index (χ0) is 17.1. The molecule has 1 aliphatic rings. The Bertz CT molecular complexity index is 809. The van der Waals surface area contributed by atoms with Gasteiger partial charge >= 0.3 is 0 Å². The molecule has 7 nitrogen and oxygen atoms in total. The largest absolute Gasteiger partial charge is 0.486 e. The van der Waals surface area contributed by atoms with E-state index in [4.69, 9.17) is 21.1 Å². The maximum absolute atomic E-state index is 12.3. The number of amides is 1. The van der Waals surface area contributed by atoms with Crippen molar-refractivity contribution in [2.45, 2.75) is 6.54 Å². The maximum atomic E-state index is 12.3. The van der Waals surface area contributed by atoms with Crippen LogP contribution in [0.1, 0.15) is 15.9 Å². The molecular formula is C16H13ClN2O5.